The summed E-state index contributed by atoms with van der Waals surface area (Å²) in [4.78, 5) is 2.47. The monoisotopic (exact) mass is 262 g/mol. The van der Waals surface area contributed by atoms with Crippen molar-refractivity contribution in [3.05, 3.63) is 23.3 Å². The number of nitrogen functional groups attached to an aromatic ring is 1. The Morgan fingerprint density at radius 2 is 1.95 bits per heavy atom. The Balaban J connectivity index is 1.99. The van der Waals surface area contributed by atoms with Crippen LogP contribution in [0.1, 0.15) is 43.7 Å². The van der Waals surface area contributed by atoms with Gasteiger partial charge < -0.3 is 10.5 Å². The van der Waals surface area contributed by atoms with Gasteiger partial charge in [-0.15, -0.1) is 0 Å². The fourth-order valence-corrected chi connectivity index (χ4v) is 2.58. The fraction of sp³-hybridized carbons (Fsp3) is 0.625. The van der Waals surface area contributed by atoms with Gasteiger partial charge in [-0.3, -0.25) is 4.90 Å². The normalized spacial score (nSPS) is 16.2. The molecular weight excluding hydrogens is 236 g/mol. The molecule has 2 N–H and O–H groups in total. The van der Waals surface area contributed by atoms with Crippen LogP contribution in [0.4, 0.5) is 5.69 Å². The molecule has 1 fully saturated rings. The summed E-state index contributed by atoms with van der Waals surface area (Å²) in [5.41, 5.74) is 9.16. The van der Waals surface area contributed by atoms with E-state index >= 15 is 0 Å². The molecule has 0 aromatic heterocycles. The van der Waals surface area contributed by atoms with Gasteiger partial charge in [0.2, 0.25) is 0 Å². The summed E-state index contributed by atoms with van der Waals surface area (Å²) in [6, 6.07) is 4.14. The highest BCUT2D eigenvalue weighted by Gasteiger charge is 2.13. The van der Waals surface area contributed by atoms with Crippen molar-refractivity contribution in [1.82, 2.24) is 4.90 Å². The molecule has 0 radical (unpaired) electrons. The number of ether oxygens (including phenoxy) is 1. The highest BCUT2D eigenvalue weighted by Crippen LogP contribution is 2.30. The third-order valence-electron chi connectivity index (χ3n) is 3.88. The van der Waals surface area contributed by atoms with Gasteiger partial charge in [-0.25, -0.2) is 0 Å². The molecule has 106 valence electrons. The first-order valence-corrected chi connectivity index (χ1v) is 7.33. The van der Waals surface area contributed by atoms with Gasteiger partial charge in [0.15, 0.2) is 0 Å². The topological polar surface area (TPSA) is 38.5 Å². The molecule has 0 amide bonds. The second-order valence-electron chi connectivity index (χ2n) is 5.80. The zero-order chi connectivity index (χ0) is 13.8. The molecule has 0 bridgehead atoms. The van der Waals surface area contributed by atoms with E-state index in [1.807, 2.05) is 6.92 Å². The number of nitrogens with zero attached hydrogens (tertiary/aromatic N) is 1. The van der Waals surface area contributed by atoms with Crippen molar-refractivity contribution in [2.75, 3.05) is 32.0 Å². The minimum Gasteiger partial charge on any atom is -0.492 e. The van der Waals surface area contributed by atoms with Crippen LogP contribution in [0.3, 0.4) is 0 Å². The number of benzene rings is 1. The summed E-state index contributed by atoms with van der Waals surface area (Å²) < 4.78 is 6.00. The molecule has 1 aliphatic rings. The van der Waals surface area contributed by atoms with Crippen LogP contribution < -0.4 is 10.5 Å². The average Bonchev–Trinajstić information content (AvgIpc) is 2.86. The fourth-order valence-electron chi connectivity index (χ4n) is 2.58. The zero-order valence-corrected chi connectivity index (χ0v) is 12.4. The van der Waals surface area contributed by atoms with Crippen LogP contribution in [0.25, 0.3) is 0 Å². The maximum Gasteiger partial charge on any atom is 0.123 e. The molecule has 0 atom stereocenters. The van der Waals surface area contributed by atoms with Crippen molar-refractivity contribution < 1.29 is 4.74 Å². The van der Waals surface area contributed by atoms with Crippen LogP contribution in [0.2, 0.25) is 0 Å². The minimum atomic E-state index is 0.435. The zero-order valence-electron chi connectivity index (χ0n) is 12.4. The molecule has 2 rings (SSSR count). The number of rotatable bonds is 5. The quantitative estimate of drug-likeness (QED) is 0.828. The average molecular weight is 262 g/mol. The molecule has 0 aliphatic carbocycles. The second kappa shape index (κ2) is 6.29. The van der Waals surface area contributed by atoms with Gasteiger partial charge in [0.1, 0.15) is 12.4 Å². The van der Waals surface area contributed by atoms with Gasteiger partial charge >= 0.3 is 0 Å². The minimum absolute atomic E-state index is 0.435. The van der Waals surface area contributed by atoms with Crippen molar-refractivity contribution in [1.29, 1.82) is 0 Å². The predicted octanol–water partition coefficient (Wildman–Crippen LogP) is 3.18. The third-order valence-corrected chi connectivity index (χ3v) is 3.88. The number of hydrogen-bond donors (Lipinski definition) is 1. The van der Waals surface area contributed by atoms with E-state index in [1.165, 1.54) is 31.5 Å². The first-order chi connectivity index (χ1) is 9.08. The smallest absolute Gasteiger partial charge is 0.123 e. The van der Waals surface area contributed by atoms with Crippen molar-refractivity contribution in [2.24, 2.45) is 0 Å². The summed E-state index contributed by atoms with van der Waals surface area (Å²) in [7, 11) is 0. The number of likely N-dealkylation sites (tertiary alicyclic amines) is 1. The molecule has 0 saturated carbocycles. The Kier molecular flexibility index (Phi) is 4.70. The Bertz CT molecular complexity index is 423. The summed E-state index contributed by atoms with van der Waals surface area (Å²) in [6.45, 7) is 10.6. The Labute approximate surface area is 116 Å². The van der Waals surface area contributed by atoms with Gasteiger partial charge in [0, 0.05) is 12.2 Å². The lowest BCUT2D eigenvalue weighted by Gasteiger charge is -2.19. The Morgan fingerprint density at radius 3 is 2.58 bits per heavy atom. The Hall–Kier alpha value is -1.22. The molecular formula is C16H26N2O. The summed E-state index contributed by atoms with van der Waals surface area (Å²) >= 11 is 0. The molecule has 1 saturated heterocycles. The van der Waals surface area contributed by atoms with Gasteiger partial charge in [-0.2, -0.15) is 0 Å². The maximum atomic E-state index is 6.00. The highest BCUT2D eigenvalue weighted by atomic mass is 16.5. The van der Waals surface area contributed by atoms with E-state index in [-0.39, 0.29) is 0 Å². The van der Waals surface area contributed by atoms with E-state index in [9.17, 15) is 0 Å². The lowest BCUT2D eigenvalue weighted by atomic mass is 9.99. The van der Waals surface area contributed by atoms with E-state index in [2.05, 4.69) is 30.9 Å². The van der Waals surface area contributed by atoms with E-state index in [0.29, 0.717) is 5.92 Å². The molecule has 1 aliphatic heterocycles. The highest BCUT2D eigenvalue weighted by molar-refractivity contribution is 5.55. The second-order valence-corrected chi connectivity index (χ2v) is 5.80. The first-order valence-electron chi connectivity index (χ1n) is 7.33. The van der Waals surface area contributed by atoms with Crippen molar-refractivity contribution >= 4 is 5.69 Å². The van der Waals surface area contributed by atoms with Crippen molar-refractivity contribution in [3.63, 3.8) is 0 Å². The summed E-state index contributed by atoms with van der Waals surface area (Å²) in [5, 5.41) is 0. The molecule has 3 heteroatoms. The third kappa shape index (κ3) is 3.63. The van der Waals surface area contributed by atoms with Crippen LogP contribution in [0.5, 0.6) is 5.75 Å². The van der Waals surface area contributed by atoms with Gasteiger partial charge in [0.05, 0.1) is 0 Å². The lowest BCUT2D eigenvalue weighted by Crippen LogP contribution is -2.25. The van der Waals surface area contributed by atoms with E-state index in [4.69, 9.17) is 10.5 Å². The number of anilines is 1. The summed E-state index contributed by atoms with van der Waals surface area (Å²) in [6.07, 6.45) is 2.66. The van der Waals surface area contributed by atoms with Crippen LogP contribution in [-0.4, -0.2) is 31.1 Å². The molecule has 3 nitrogen and oxygen atoms in total. The van der Waals surface area contributed by atoms with Gasteiger partial charge in [-0.1, -0.05) is 13.8 Å². The maximum absolute atomic E-state index is 6.00. The molecule has 1 heterocycles. The van der Waals surface area contributed by atoms with Crippen LogP contribution >= 0.6 is 0 Å². The van der Waals surface area contributed by atoms with Crippen LogP contribution in [0, 0.1) is 6.92 Å². The van der Waals surface area contributed by atoms with E-state index < -0.39 is 0 Å². The van der Waals surface area contributed by atoms with Crippen LogP contribution in [0.15, 0.2) is 12.1 Å². The number of aryl methyl sites for hydroxylation is 1. The number of nitrogens with two attached hydrogens (primary N) is 1. The lowest BCUT2D eigenvalue weighted by molar-refractivity contribution is 0.236. The molecule has 1 aromatic carbocycles. The van der Waals surface area contributed by atoms with E-state index in [1.54, 1.807) is 0 Å². The first kappa shape index (κ1) is 14.2. The van der Waals surface area contributed by atoms with Crippen molar-refractivity contribution in [2.45, 2.75) is 39.5 Å². The van der Waals surface area contributed by atoms with Crippen molar-refractivity contribution in [3.8, 4) is 5.75 Å². The Morgan fingerprint density at radius 1 is 1.26 bits per heavy atom. The predicted molar refractivity (Wildman–Crippen MR) is 80.8 cm³/mol. The standard InChI is InChI=1S/C16H26N2O/c1-12(2)14-11-15(17)13(3)10-16(14)19-9-8-18-6-4-5-7-18/h10-12H,4-9,17H2,1-3H3. The van der Waals surface area contributed by atoms with Gasteiger partial charge in [-0.05, 0) is 62.0 Å². The SMILES string of the molecule is Cc1cc(OCCN2CCCC2)c(C(C)C)cc1N. The molecule has 0 spiro atoms. The summed E-state index contributed by atoms with van der Waals surface area (Å²) in [5.74, 6) is 1.44. The van der Waals surface area contributed by atoms with Gasteiger partial charge in [0.25, 0.3) is 0 Å². The van der Waals surface area contributed by atoms with Crippen LogP contribution in [-0.2, 0) is 0 Å². The number of hydrogen-bond acceptors (Lipinski definition) is 3. The molecule has 19 heavy (non-hydrogen) atoms. The molecule has 1 aromatic rings. The largest absolute Gasteiger partial charge is 0.492 e. The van der Waals surface area contributed by atoms with E-state index in [0.717, 1.165) is 30.2 Å². The molecule has 0 unspecified atom stereocenters.